The summed E-state index contributed by atoms with van der Waals surface area (Å²) in [7, 11) is 1.50. The predicted molar refractivity (Wildman–Crippen MR) is 145 cm³/mol. The lowest BCUT2D eigenvalue weighted by Gasteiger charge is -2.67. The molecule has 6 bridgehead atoms. The molecule has 7 aliphatic rings. The minimum Gasteiger partial charge on any atom is -0.497 e. The Morgan fingerprint density at radius 2 is 1.59 bits per heavy atom. The Bertz CT molecular complexity index is 1440. The molecule has 44 heavy (non-hydrogen) atoms. The monoisotopic (exact) mass is 614 g/mol. The Morgan fingerprint density at radius 3 is 2.30 bits per heavy atom. The molecule has 236 valence electrons. The number of aliphatic hydroxyl groups is 4. The first-order valence-electron chi connectivity index (χ1n) is 14.5. The Hall–Kier alpha value is -3.14. The van der Waals surface area contributed by atoms with E-state index in [0.29, 0.717) is 11.3 Å². The highest BCUT2D eigenvalue weighted by atomic mass is 16.8. The van der Waals surface area contributed by atoms with Gasteiger partial charge in [-0.1, -0.05) is 18.2 Å². The van der Waals surface area contributed by atoms with E-state index in [0.717, 1.165) is 0 Å². The average molecular weight is 615 g/mol. The number of hydrogen-bond acceptors (Lipinski definition) is 13. The lowest BCUT2D eigenvalue weighted by molar-refractivity contribution is -0.424. The molecule has 4 N–H and O–H groups in total. The summed E-state index contributed by atoms with van der Waals surface area (Å²) in [4.78, 5) is 25.5. The van der Waals surface area contributed by atoms with Crippen molar-refractivity contribution in [2.24, 2.45) is 11.3 Å². The SMILES string of the molecule is COc1ccc(C(=O)OC[C@H]2O[C@@H](O[C@]34C[C@@H]5[C@@]6(O)C[C@]3(C)OC(O6)[C@]54COC(=O)c3ccccc3)[C@H](O)[C@@H](O)[C@@H]2O)cc1. The Kier molecular flexibility index (Phi) is 6.85. The third-order valence-corrected chi connectivity index (χ3v) is 10.1. The van der Waals surface area contributed by atoms with Crippen LogP contribution in [0.2, 0.25) is 0 Å². The molecular weight excluding hydrogens is 580 g/mol. The van der Waals surface area contributed by atoms with Crippen molar-refractivity contribution in [3.05, 3.63) is 65.7 Å². The van der Waals surface area contributed by atoms with Gasteiger partial charge in [0, 0.05) is 12.3 Å². The van der Waals surface area contributed by atoms with Gasteiger partial charge in [-0.15, -0.1) is 0 Å². The molecule has 0 aromatic heterocycles. The predicted octanol–water partition coefficient (Wildman–Crippen LogP) is 0.516. The minimum absolute atomic E-state index is 0.0481. The first-order valence-corrected chi connectivity index (χ1v) is 14.5. The maximum absolute atomic E-state index is 12.9. The first kappa shape index (κ1) is 29.6. The van der Waals surface area contributed by atoms with Gasteiger partial charge in [0.1, 0.15) is 54.6 Å². The van der Waals surface area contributed by atoms with Gasteiger partial charge in [0.15, 0.2) is 18.4 Å². The molecule has 13 nitrogen and oxygen atoms in total. The van der Waals surface area contributed by atoms with Crippen molar-refractivity contribution in [2.75, 3.05) is 20.3 Å². The molecule has 0 amide bonds. The Morgan fingerprint density at radius 1 is 0.909 bits per heavy atom. The largest absolute Gasteiger partial charge is 0.497 e. The van der Waals surface area contributed by atoms with Crippen molar-refractivity contribution in [3.63, 3.8) is 0 Å². The Balaban J connectivity index is 1.11. The van der Waals surface area contributed by atoms with E-state index in [9.17, 15) is 30.0 Å². The standard InChI is InChI=1S/C31H34O13/c1-28-14-30(37)20-12-31(28,29(20,27(43-28)44-30)15-40-25(36)16-6-4-3-5-7-16)42-26-23(34)22(33)21(32)19(41-26)13-39-24(35)17-8-10-18(38-2)11-9-17/h3-11,19-23,26-27,32-34,37H,12-15H2,1-2H3/t19-,20+,21-,22+,23-,26+,27?,28+,29+,30-,31-/m1/s1. The summed E-state index contributed by atoms with van der Waals surface area (Å²) in [5.74, 6) is -2.76. The van der Waals surface area contributed by atoms with Gasteiger partial charge in [-0.05, 0) is 49.7 Å². The van der Waals surface area contributed by atoms with Crippen LogP contribution in [0.3, 0.4) is 0 Å². The maximum atomic E-state index is 12.9. The highest BCUT2D eigenvalue weighted by Gasteiger charge is 2.94. The second-order valence-corrected chi connectivity index (χ2v) is 12.3. The van der Waals surface area contributed by atoms with Crippen molar-refractivity contribution in [3.8, 4) is 5.75 Å². The van der Waals surface area contributed by atoms with Crippen LogP contribution in [0, 0.1) is 11.3 Å². The molecule has 4 aliphatic heterocycles. The van der Waals surface area contributed by atoms with Crippen LogP contribution >= 0.6 is 0 Å². The zero-order valence-corrected chi connectivity index (χ0v) is 24.0. The van der Waals surface area contributed by atoms with E-state index in [1.54, 1.807) is 49.4 Å². The number of esters is 2. The molecule has 2 aromatic rings. The van der Waals surface area contributed by atoms with Gasteiger partial charge in [0.25, 0.3) is 0 Å². The van der Waals surface area contributed by atoms with Crippen LogP contribution in [0.4, 0.5) is 0 Å². The number of methoxy groups -OCH3 is 1. The molecule has 13 heteroatoms. The van der Waals surface area contributed by atoms with Gasteiger partial charge in [-0.25, -0.2) is 9.59 Å². The number of carbonyl (C=O) groups excluding carboxylic acids is 2. The summed E-state index contributed by atoms with van der Waals surface area (Å²) in [6, 6.07) is 14.7. The number of aliphatic hydroxyl groups excluding tert-OH is 3. The van der Waals surface area contributed by atoms with Gasteiger partial charge in [-0.2, -0.15) is 0 Å². The number of ether oxygens (including phenoxy) is 7. The van der Waals surface area contributed by atoms with Gasteiger partial charge in [-0.3, -0.25) is 0 Å². The fraction of sp³-hybridized carbons (Fsp3) is 0.548. The maximum Gasteiger partial charge on any atom is 0.338 e. The number of benzene rings is 2. The molecule has 9 rings (SSSR count). The van der Waals surface area contributed by atoms with Crippen LogP contribution in [-0.2, 0) is 28.4 Å². The summed E-state index contributed by atoms with van der Waals surface area (Å²) in [6.07, 6.45) is -8.48. The smallest absolute Gasteiger partial charge is 0.338 e. The van der Waals surface area contributed by atoms with Crippen LogP contribution in [0.5, 0.6) is 5.75 Å². The van der Waals surface area contributed by atoms with Crippen molar-refractivity contribution in [1.82, 2.24) is 0 Å². The van der Waals surface area contributed by atoms with Gasteiger partial charge < -0.3 is 53.6 Å². The van der Waals surface area contributed by atoms with Gasteiger partial charge in [0.05, 0.1) is 23.7 Å². The van der Waals surface area contributed by atoms with E-state index in [1.165, 1.54) is 19.2 Å². The summed E-state index contributed by atoms with van der Waals surface area (Å²) in [6.45, 7) is 1.08. The summed E-state index contributed by atoms with van der Waals surface area (Å²) < 4.78 is 40.9. The first-order chi connectivity index (χ1) is 21.0. The number of hydrogen-bond donors (Lipinski definition) is 4. The molecule has 7 fully saturated rings. The molecule has 4 saturated heterocycles. The normalized spacial score (nSPS) is 42.9. The molecule has 0 spiro atoms. The zero-order chi connectivity index (χ0) is 31.1. The average Bonchev–Trinajstić information content (AvgIpc) is 3.21. The third-order valence-electron chi connectivity index (χ3n) is 10.1. The molecule has 3 saturated carbocycles. The van der Waals surface area contributed by atoms with Gasteiger partial charge in [0.2, 0.25) is 0 Å². The molecule has 3 aliphatic carbocycles. The van der Waals surface area contributed by atoms with E-state index >= 15 is 0 Å². The minimum atomic E-state index is -1.71. The quantitative estimate of drug-likeness (QED) is 0.288. The van der Waals surface area contributed by atoms with Crippen LogP contribution in [0.15, 0.2) is 54.6 Å². The van der Waals surface area contributed by atoms with Crippen molar-refractivity contribution >= 4 is 11.9 Å². The molecule has 0 radical (unpaired) electrons. The molecule has 1 unspecified atom stereocenters. The zero-order valence-electron chi connectivity index (χ0n) is 24.0. The molecule has 4 heterocycles. The van der Waals surface area contributed by atoms with E-state index in [-0.39, 0.29) is 25.0 Å². The fourth-order valence-electron chi connectivity index (χ4n) is 7.83. The second kappa shape index (κ2) is 10.2. The number of carbonyl (C=O) groups is 2. The van der Waals surface area contributed by atoms with Gasteiger partial charge >= 0.3 is 11.9 Å². The summed E-state index contributed by atoms with van der Waals surface area (Å²) >= 11 is 0. The van der Waals surface area contributed by atoms with Crippen LogP contribution in [0.25, 0.3) is 0 Å². The molecule has 11 atom stereocenters. The lowest BCUT2D eigenvalue weighted by atomic mass is 9.41. The van der Waals surface area contributed by atoms with Crippen LogP contribution in [0.1, 0.15) is 40.5 Å². The number of rotatable bonds is 9. The Labute approximate surface area is 252 Å². The van der Waals surface area contributed by atoms with Crippen LogP contribution < -0.4 is 4.74 Å². The van der Waals surface area contributed by atoms with E-state index in [4.69, 9.17) is 33.2 Å². The summed E-state index contributed by atoms with van der Waals surface area (Å²) in [5, 5.41) is 43.8. The van der Waals surface area contributed by atoms with Crippen molar-refractivity contribution in [1.29, 1.82) is 0 Å². The highest BCUT2D eigenvalue weighted by Crippen LogP contribution is 2.81. The fourth-order valence-corrected chi connectivity index (χ4v) is 7.83. The van der Waals surface area contributed by atoms with E-state index in [1.807, 2.05) is 0 Å². The molecular formula is C31H34O13. The highest BCUT2D eigenvalue weighted by molar-refractivity contribution is 5.90. The molecule has 2 aromatic carbocycles. The van der Waals surface area contributed by atoms with E-state index in [2.05, 4.69) is 0 Å². The van der Waals surface area contributed by atoms with Crippen LogP contribution in [-0.4, -0.2) is 107 Å². The third kappa shape index (κ3) is 4.01. The van der Waals surface area contributed by atoms with Crippen molar-refractivity contribution in [2.45, 2.75) is 73.8 Å². The summed E-state index contributed by atoms with van der Waals surface area (Å²) in [5.41, 5.74) is -2.99. The lowest BCUT2D eigenvalue weighted by Crippen LogP contribution is -2.80. The topological polar surface area (TPSA) is 180 Å². The van der Waals surface area contributed by atoms with E-state index < -0.39 is 83.9 Å². The van der Waals surface area contributed by atoms with Crippen molar-refractivity contribution < 1.29 is 63.2 Å². The second-order valence-electron chi connectivity index (χ2n) is 12.3.